The van der Waals surface area contributed by atoms with Gasteiger partial charge in [-0.3, -0.25) is 4.79 Å². The maximum absolute atomic E-state index is 11.3. The average Bonchev–Trinajstić information content (AvgIpc) is 2.45. The van der Waals surface area contributed by atoms with Crippen LogP contribution >= 0.6 is 0 Å². The van der Waals surface area contributed by atoms with E-state index in [1.165, 1.54) is 0 Å². The molecule has 0 saturated carbocycles. The molecule has 0 aliphatic carbocycles. The molecule has 0 bridgehead atoms. The molecule has 0 atom stereocenters. The molecule has 1 rings (SSSR count). The van der Waals surface area contributed by atoms with Gasteiger partial charge in [-0.2, -0.15) is 0 Å². The lowest BCUT2D eigenvalue weighted by atomic mass is 9.73. The van der Waals surface area contributed by atoms with E-state index in [1.54, 1.807) is 13.0 Å². The van der Waals surface area contributed by atoms with Gasteiger partial charge in [0.15, 0.2) is 5.78 Å². The summed E-state index contributed by atoms with van der Waals surface area (Å²) in [6, 6.07) is 4.08. The molecular formula is C22H34O2. The predicted molar refractivity (Wildman–Crippen MR) is 104 cm³/mol. The average molecular weight is 331 g/mol. The van der Waals surface area contributed by atoms with Crippen LogP contribution in [0, 0.1) is 0 Å². The first-order valence-electron chi connectivity index (χ1n) is 9.11. The van der Waals surface area contributed by atoms with Crippen LogP contribution in [-0.2, 0) is 15.6 Å². The van der Waals surface area contributed by atoms with Crippen LogP contribution in [0.1, 0.15) is 90.8 Å². The minimum absolute atomic E-state index is 0.0341. The summed E-state index contributed by atoms with van der Waals surface area (Å²) in [7, 11) is 0. The summed E-state index contributed by atoms with van der Waals surface area (Å²) in [5.74, 6) is 0.457. The number of rotatable bonds is 8. The molecule has 0 aliphatic rings. The Morgan fingerprint density at radius 2 is 1.42 bits per heavy atom. The third-order valence-corrected chi connectivity index (χ3v) is 4.85. The monoisotopic (exact) mass is 330 g/mol. The first-order valence-corrected chi connectivity index (χ1v) is 9.11. The summed E-state index contributed by atoms with van der Waals surface area (Å²) in [6.45, 7) is 14.6. The van der Waals surface area contributed by atoms with E-state index in [0.29, 0.717) is 5.75 Å². The number of ketones is 1. The molecule has 0 spiro atoms. The van der Waals surface area contributed by atoms with Crippen molar-refractivity contribution in [2.24, 2.45) is 0 Å². The fourth-order valence-electron chi connectivity index (χ4n) is 3.52. The van der Waals surface area contributed by atoms with E-state index >= 15 is 0 Å². The lowest BCUT2D eigenvalue weighted by Gasteiger charge is -2.32. The highest BCUT2D eigenvalue weighted by molar-refractivity contribution is 5.91. The smallest absolute Gasteiger partial charge is 0.152 e. The minimum Gasteiger partial charge on any atom is -0.507 e. The summed E-state index contributed by atoms with van der Waals surface area (Å²) in [5, 5.41) is 11.0. The number of hydrogen-bond donors (Lipinski definition) is 1. The summed E-state index contributed by atoms with van der Waals surface area (Å²) >= 11 is 0. The van der Waals surface area contributed by atoms with Gasteiger partial charge in [-0.15, -0.1) is 0 Å². The van der Waals surface area contributed by atoms with Gasteiger partial charge in [0.2, 0.25) is 0 Å². The first-order chi connectivity index (χ1) is 11.0. The highest BCUT2D eigenvalue weighted by Gasteiger charge is 2.30. The van der Waals surface area contributed by atoms with Gasteiger partial charge in [-0.1, -0.05) is 60.5 Å². The number of phenolic OH excluding ortho intramolecular Hbond substituents is 1. The van der Waals surface area contributed by atoms with Gasteiger partial charge >= 0.3 is 0 Å². The molecule has 0 aromatic heterocycles. The molecule has 0 amide bonds. The Morgan fingerprint density at radius 3 is 1.75 bits per heavy atom. The number of allylic oxidation sites excluding steroid dienone is 1. The standard InChI is InChI=1S/C22H34O2/c1-8-12-21(4,5)18-14-17(11-10-16(3)23)15-19(20(18)24)22(6,7)13-9-2/h10-11,14-15,24H,8-9,12-13H2,1-7H3. The maximum Gasteiger partial charge on any atom is 0.152 e. The normalized spacial score (nSPS) is 12.8. The van der Waals surface area contributed by atoms with E-state index in [1.807, 2.05) is 18.2 Å². The Labute approximate surface area is 148 Å². The summed E-state index contributed by atoms with van der Waals surface area (Å²) in [4.78, 5) is 11.3. The van der Waals surface area contributed by atoms with E-state index in [0.717, 1.165) is 42.4 Å². The van der Waals surface area contributed by atoms with E-state index < -0.39 is 0 Å². The van der Waals surface area contributed by atoms with Crippen molar-refractivity contribution in [3.05, 3.63) is 34.9 Å². The van der Waals surface area contributed by atoms with E-state index in [2.05, 4.69) is 41.5 Å². The second-order valence-corrected chi connectivity index (χ2v) is 8.18. The molecule has 1 N–H and O–H groups in total. The van der Waals surface area contributed by atoms with Crippen LogP contribution in [0.3, 0.4) is 0 Å². The summed E-state index contributed by atoms with van der Waals surface area (Å²) in [6.07, 6.45) is 7.60. The van der Waals surface area contributed by atoms with E-state index in [9.17, 15) is 9.90 Å². The number of phenols is 1. The molecule has 0 saturated heterocycles. The number of benzene rings is 1. The third-order valence-electron chi connectivity index (χ3n) is 4.85. The van der Waals surface area contributed by atoms with Crippen molar-refractivity contribution in [3.63, 3.8) is 0 Å². The quantitative estimate of drug-likeness (QED) is 0.580. The summed E-state index contributed by atoms with van der Waals surface area (Å²) in [5.41, 5.74) is 2.75. The number of carbonyl (C=O) groups excluding carboxylic acids is 1. The lowest BCUT2D eigenvalue weighted by molar-refractivity contribution is -0.112. The molecule has 134 valence electrons. The zero-order valence-corrected chi connectivity index (χ0v) is 16.5. The topological polar surface area (TPSA) is 37.3 Å². The molecule has 2 heteroatoms. The minimum atomic E-state index is -0.101. The van der Waals surface area contributed by atoms with Crippen molar-refractivity contribution >= 4 is 11.9 Å². The van der Waals surface area contributed by atoms with Crippen LogP contribution < -0.4 is 0 Å². The maximum atomic E-state index is 11.3. The van der Waals surface area contributed by atoms with Crippen LogP contribution in [0.2, 0.25) is 0 Å². The molecular weight excluding hydrogens is 296 g/mol. The molecule has 0 unspecified atom stereocenters. The van der Waals surface area contributed by atoms with Crippen molar-refractivity contribution in [3.8, 4) is 5.75 Å². The number of hydrogen-bond acceptors (Lipinski definition) is 2. The van der Waals surface area contributed by atoms with Gasteiger partial charge in [0.1, 0.15) is 5.75 Å². The molecule has 1 aromatic rings. The second-order valence-electron chi connectivity index (χ2n) is 8.18. The van der Waals surface area contributed by atoms with Gasteiger partial charge in [0.05, 0.1) is 0 Å². The molecule has 0 aliphatic heterocycles. The Bertz CT molecular complexity index is 567. The first kappa shape index (κ1) is 20.5. The Kier molecular flexibility index (Phi) is 6.83. The number of aromatic hydroxyl groups is 1. The van der Waals surface area contributed by atoms with Gasteiger partial charge in [0, 0.05) is 11.1 Å². The van der Waals surface area contributed by atoms with Gasteiger partial charge in [0.25, 0.3) is 0 Å². The Hall–Kier alpha value is -1.57. The van der Waals surface area contributed by atoms with Crippen LogP contribution in [0.5, 0.6) is 5.75 Å². The third kappa shape index (κ3) is 4.96. The second kappa shape index (κ2) is 8.00. The van der Waals surface area contributed by atoms with Crippen molar-refractivity contribution < 1.29 is 9.90 Å². The largest absolute Gasteiger partial charge is 0.507 e. The molecule has 0 heterocycles. The SMILES string of the molecule is CCCC(C)(C)c1cc(C=CC(C)=O)cc(C(C)(C)CCC)c1O. The highest BCUT2D eigenvalue weighted by Crippen LogP contribution is 2.43. The van der Waals surface area contributed by atoms with Crippen LogP contribution in [0.15, 0.2) is 18.2 Å². The zero-order valence-electron chi connectivity index (χ0n) is 16.5. The molecule has 0 radical (unpaired) electrons. The van der Waals surface area contributed by atoms with Crippen molar-refractivity contribution in [1.29, 1.82) is 0 Å². The number of carbonyl (C=O) groups is 1. The van der Waals surface area contributed by atoms with Crippen LogP contribution in [-0.4, -0.2) is 10.9 Å². The van der Waals surface area contributed by atoms with Crippen molar-refractivity contribution in [2.45, 2.75) is 85.0 Å². The van der Waals surface area contributed by atoms with Crippen LogP contribution in [0.25, 0.3) is 6.08 Å². The molecule has 1 aromatic carbocycles. The highest BCUT2D eigenvalue weighted by atomic mass is 16.3. The van der Waals surface area contributed by atoms with E-state index in [-0.39, 0.29) is 16.6 Å². The Morgan fingerprint density at radius 1 is 1.00 bits per heavy atom. The Balaban J connectivity index is 3.58. The van der Waals surface area contributed by atoms with E-state index in [4.69, 9.17) is 0 Å². The van der Waals surface area contributed by atoms with Crippen LogP contribution in [0.4, 0.5) is 0 Å². The predicted octanol–water partition coefficient (Wildman–Crippen LogP) is 6.15. The van der Waals surface area contributed by atoms with Crippen molar-refractivity contribution in [1.82, 2.24) is 0 Å². The van der Waals surface area contributed by atoms with Crippen molar-refractivity contribution in [2.75, 3.05) is 0 Å². The fourth-order valence-corrected chi connectivity index (χ4v) is 3.52. The lowest BCUT2D eigenvalue weighted by Crippen LogP contribution is -2.22. The summed E-state index contributed by atoms with van der Waals surface area (Å²) < 4.78 is 0. The molecule has 0 fully saturated rings. The molecule has 24 heavy (non-hydrogen) atoms. The van der Waals surface area contributed by atoms with Gasteiger partial charge < -0.3 is 5.11 Å². The zero-order chi connectivity index (χ0) is 18.5. The van der Waals surface area contributed by atoms with Gasteiger partial charge in [-0.25, -0.2) is 0 Å². The van der Waals surface area contributed by atoms with Gasteiger partial charge in [-0.05, 0) is 54.4 Å². The molecule has 2 nitrogen and oxygen atoms in total. The fraction of sp³-hybridized carbons (Fsp3) is 0.591.